The molecule has 1 fully saturated rings. The Morgan fingerprint density at radius 2 is 1.88 bits per heavy atom. The van der Waals surface area contributed by atoms with Crippen molar-refractivity contribution < 1.29 is 14.3 Å². The van der Waals surface area contributed by atoms with Crippen LogP contribution in [0.4, 0.5) is 4.79 Å². The average molecular weight is 445 g/mol. The van der Waals surface area contributed by atoms with Crippen LogP contribution >= 0.6 is 0 Å². The molecular formula is C23H32N4O5. The second kappa shape index (κ2) is 9.58. The summed E-state index contributed by atoms with van der Waals surface area (Å²) in [7, 11) is 0. The number of rotatable bonds is 5. The Balaban J connectivity index is 1.59. The van der Waals surface area contributed by atoms with E-state index < -0.39 is 11.3 Å². The minimum absolute atomic E-state index is 0.263. The highest BCUT2D eigenvalue weighted by Gasteiger charge is 2.27. The Hall–Kier alpha value is -3.10. The maximum atomic E-state index is 12.6. The lowest BCUT2D eigenvalue weighted by atomic mass is 9.97. The normalized spacial score (nSPS) is 15.1. The zero-order chi connectivity index (χ0) is 23.5. The molecule has 1 aliphatic rings. The predicted octanol–water partition coefficient (Wildman–Crippen LogP) is 2.48. The summed E-state index contributed by atoms with van der Waals surface area (Å²) >= 11 is 0. The molecule has 2 amide bonds. The van der Waals surface area contributed by atoms with Gasteiger partial charge in [0.1, 0.15) is 5.60 Å². The SMILES string of the molecule is CCCn1c(=O)[nH]c2cc(C(=O)NCC3CCN(C(=O)OC(C)(C)C)CC3)ccc2c1=O. The van der Waals surface area contributed by atoms with Crippen molar-refractivity contribution in [3.8, 4) is 0 Å². The number of ether oxygens (including phenoxy) is 1. The molecule has 0 unspecified atom stereocenters. The largest absolute Gasteiger partial charge is 0.444 e. The van der Waals surface area contributed by atoms with E-state index in [0.717, 1.165) is 12.8 Å². The van der Waals surface area contributed by atoms with Gasteiger partial charge in [-0.2, -0.15) is 0 Å². The maximum Gasteiger partial charge on any atom is 0.410 e. The van der Waals surface area contributed by atoms with Gasteiger partial charge in [0, 0.05) is 31.7 Å². The van der Waals surface area contributed by atoms with Crippen LogP contribution in [-0.4, -0.2) is 51.7 Å². The lowest BCUT2D eigenvalue weighted by Gasteiger charge is -2.33. The van der Waals surface area contributed by atoms with Gasteiger partial charge in [-0.25, -0.2) is 9.59 Å². The smallest absolute Gasteiger partial charge is 0.410 e. The molecule has 0 radical (unpaired) electrons. The van der Waals surface area contributed by atoms with Gasteiger partial charge in [0.15, 0.2) is 0 Å². The highest BCUT2D eigenvalue weighted by Crippen LogP contribution is 2.19. The van der Waals surface area contributed by atoms with Gasteiger partial charge in [-0.3, -0.25) is 14.2 Å². The second-order valence-corrected chi connectivity index (χ2v) is 9.27. The molecule has 1 saturated heterocycles. The Kier molecular flexibility index (Phi) is 7.06. The number of nitrogens with zero attached hydrogens (tertiary/aromatic N) is 2. The van der Waals surface area contributed by atoms with Gasteiger partial charge in [-0.1, -0.05) is 6.92 Å². The summed E-state index contributed by atoms with van der Waals surface area (Å²) in [6.07, 6.45) is 1.93. The summed E-state index contributed by atoms with van der Waals surface area (Å²) in [6.45, 7) is 9.45. The van der Waals surface area contributed by atoms with Gasteiger partial charge in [-0.15, -0.1) is 0 Å². The molecule has 9 heteroatoms. The summed E-state index contributed by atoms with van der Waals surface area (Å²) in [5.74, 6) is -0.000737. The summed E-state index contributed by atoms with van der Waals surface area (Å²) in [5.41, 5.74) is -0.611. The minimum Gasteiger partial charge on any atom is -0.444 e. The Morgan fingerprint density at radius 3 is 2.50 bits per heavy atom. The van der Waals surface area contributed by atoms with Crippen LogP contribution in [0.3, 0.4) is 0 Å². The molecular weight excluding hydrogens is 412 g/mol. The zero-order valence-electron chi connectivity index (χ0n) is 19.2. The fourth-order valence-electron chi connectivity index (χ4n) is 3.81. The average Bonchev–Trinajstić information content (AvgIpc) is 2.73. The van der Waals surface area contributed by atoms with Gasteiger partial charge in [0.05, 0.1) is 10.9 Å². The van der Waals surface area contributed by atoms with E-state index in [1.54, 1.807) is 17.0 Å². The molecule has 0 aliphatic carbocycles. The first kappa shape index (κ1) is 23.6. The molecule has 3 rings (SSSR count). The van der Waals surface area contributed by atoms with Gasteiger partial charge >= 0.3 is 11.8 Å². The van der Waals surface area contributed by atoms with Gasteiger partial charge in [0.2, 0.25) is 0 Å². The Labute approximate surface area is 186 Å². The van der Waals surface area contributed by atoms with Crippen LogP contribution in [-0.2, 0) is 11.3 Å². The monoisotopic (exact) mass is 444 g/mol. The first-order chi connectivity index (χ1) is 15.1. The minimum atomic E-state index is -0.519. The van der Waals surface area contributed by atoms with Crippen LogP contribution in [0.5, 0.6) is 0 Å². The van der Waals surface area contributed by atoms with E-state index in [0.29, 0.717) is 49.1 Å². The molecule has 32 heavy (non-hydrogen) atoms. The molecule has 1 aromatic heterocycles. The Morgan fingerprint density at radius 1 is 1.19 bits per heavy atom. The third-order valence-corrected chi connectivity index (χ3v) is 5.51. The molecule has 2 aromatic rings. The highest BCUT2D eigenvalue weighted by atomic mass is 16.6. The number of piperidine rings is 1. The number of aromatic amines is 1. The number of fused-ring (bicyclic) bond motifs is 1. The molecule has 1 aromatic carbocycles. The summed E-state index contributed by atoms with van der Waals surface area (Å²) < 4.78 is 6.58. The Bertz CT molecular complexity index is 1100. The summed E-state index contributed by atoms with van der Waals surface area (Å²) in [5, 5.41) is 3.31. The van der Waals surface area contributed by atoms with Crippen LogP contribution in [0, 0.1) is 5.92 Å². The topological polar surface area (TPSA) is 114 Å². The van der Waals surface area contributed by atoms with Crippen molar-refractivity contribution in [3.63, 3.8) is 0 Å². The number of aromatic nitrogens is 2. The number of benzene rings is 1. The van der Waals surface area contributed by atoms with Gasteiger partial charge in [0.25, 0.3) is 11.5 Å². The van der Waals surface area contributed by atoms with Crippen LogP contribution in [0.2, 0.25) is 0 Å². The van der Waals surface area contributed by atoms with Crippen molar-refractivity contribution in [1.29, 1.82) is 0 Å². The number of carbonyl (C=O) groups excluding carboxylic acids is 2. The number of H-pyrrole nitrogens is 1. The molecule has 0 atom stereocenters. The molecule has 0 saturated carbocycles. The zero-order valence-corrected chi connectivity index (χ0v) is 19.2. The maximum absolute atomic E-state index is 12.6. The fraction of sp³-hybridized carbons (Fsp3) is 0.565. The molecule has 1 aliphatic heterocycles. The second-order valence-electron chi connectivity index (χ2n) is 9.27. The van der Waals surface area contributed by atoms with Crippen molar-refractivity contribution in [2.24, 2.45) is 5.92 Å². The van der Waals surface area contributed by atoms with Crippen molar-refractivity contribution in [2.75, 3.05) is 19.6 Å². The summed E-state index contributed by atoms with van der Waals surface area (Å²) in [6, 6.07) is 4.71. The van der Waals surface area contributed by atoms with Gasteiger partial charge in [-0.05, 0) is 64.2 Å². The standard InChI is InChI=1S/C23H32N4O5/c1-5-10-27-20(29)17-7-6-16(13-18(17)25-21(27)30)19(28)24-14-15-8-11-26(12-9-15)22(31)32-23(2,3)4/h6-7,13,15H,5,8-12,14H2,1-4H3,(H,24,28)(H,25,30). The number of hydrogen-bond acceptors (Lipinski definition) is 5. The van der Waals surface area contributed by atoms with Crippen LogP contribution in [0.15, 0.2) is 27.8 Å². The molecule has 2 heterocycles. The summed E-state index contributed by atoms with van der Waals surface area (Å²) in [4.78, 5) is 53.9. The quantitative estimate of drug-likeness (QED) is 0.736. The molecule has 2 N–H and O–H groups in total. The van der Waals surface area contributed by atoms with E-state index in [4.69, 9.17) is 4.74 Å². The third kappa shape index (κ3) is 5.57. The molecule has 9 nitrogen and oxygen atoms in total. The molecule has 0 bridgehead atoms. The number of likely N-dealkylation sites (tertiary alicyclic amines) is 1. The lowest BCUT2D eigenvalue weighted by Crippen LogP contribution is -2.43. The number of nitrogens with one attached hydrogen (secondary N) is 2. The van der Waals surface area contributed by atoms with E-state index in [9.17, 15) is 19.2 Å². The fourth-order valence-corrected chi connectivity index (χ4v) is 3.81. The van der Waals surface area contributed by atoms with E-state index in [1.165, 1.54) is 10.6 Å². The van der Waals surface area contributed by atoms with E-state index in [1.807, 2.05) is 27.7 Å². The van der Waals surface area contributed by atoms with Crippen LogP contribution in [0.1, 0.15) is 57.3 Å². The lowest BCUT2D eigenvalue weighted by molar-refractivity contribution is 0.0183. The highest BCUT2D eigenvalue weighted by molar-refractivity contribution is 5.97. The first-order valence-corrected chi connectivity index (χ1v) is 11.1. The van der Waals surface area contributed by atoms with Crippen molar-refractivity contribution >= 4 is 22.9 Å². The van der Waals surface area contributed by atoms with Gasteiger partial charge < -0.3 is 19.9 Å². The van der Waals surface area contributed by atoms with Crippen molar-refractivity contribution in [1.82, 2.24) is 19.8 Å². The third-order valence-electron chi connectivity index (χ3n) is 5.51. The van der Waals surface area contributed by atoms with Crippen LogP contribution in [0.25, 0.3) is 10.9 Å². The number of hydrogen-bond donors (Lipinski definition) is 2. The number of carbonyl (C=O) groups is 2. The predicted molar refractivity (Wildman–Crippen MR) is 122 cm³/mol. The van der Waals surface area contributed by atoms with Crippen molar-refractivity contribution in [2.45, 2.75) is 59.1 Å². The first-order valence-electron chi connectivity index (χ1n) is 11.1. The molecule has 174 valence electrons. The molecule has 0 spiro atoms. The van der Waals surface area contributed by atoms with Crippen molar-refractivity contribution in [3.05, 3.63) is 44.6 Å². The van der Waals surface area contributed by atoms with E-state index >= 15 is 0 Å². The number of amides is 2. The van der Waals surface area contributed by atoms with Crippen LogP contribution < -0.4 is 16.6 Å². The van der Waals surface area contributed by atoms with E-state index in [-0.39, 0.29) is 23.5 Å². The van der Waals surface area contributed by atoms with E-state index in [2.05, 4.69) is 10.3 Å².